The van der Waals surface area contributed by atoms with Gasteiger partial charge in [0.25, 0.3) is 0 Å². The van der Waals surface area contributed by atoms with Gasteiger partial charge in [-0.25, -0.2) is 4.98 Å². The SMILES string of the molecule is CCc1cnc(C(C)NC2CCOC3(CCOC3)C2)s1. The molecule has 1 spiro atoms. The van der Waals surface area contributed by atoms with Crippen molar-refractivity contribution in [1.29, 1.82) is 0 Å². The van der Waals surface area contributed by atoms with Crippen molar-refractivity contribution in [2.75, 3.05) is 19.8 Å². The Morgan fingerprint density at radius 1 is 1.55 bits per heavy atom. The van der Waals surface area contributed by atoms with E-state index in [4.69, 9.17) is 9.47 Å². The van der Waals surface area contributed by atoms with E-state index in [9.17, 15) is 0 Å². The normalized spacial score (nSPS) is 31.8. The Morgan fingerprint density at radius 2 is 2.45 bits per heavy atom. The first-order valence-corrected chi connectivity index (χ1v) is 8.45. The molecule has 5 heteroatoms. The lowest BCUT2D eigenvalue weighted by Crippen LogP contribution is -2.48. The maximum absolute atomic E-state index is 5.99. The van der Waals surface area contributed by atoms with Gasteiger partial charge in [0, 0.05) is 36.8 Å². The third-order valence-electron chi connectivity index (χ3n) is 4.34. The van der Waals surface area contributed by atoms with E-state index in [1.54, 1.807) is 0 Å². The van der Waals surface area contributed by atoms with Crippen LogP contribution in [0.5, 0.6) is 0 Å². The van der Waals surface area contributed by atoms with Gasteiger partial charge in [-0.05, 0) is 26.2 Å². The lowest BCUT2D eigenvalue weighted by Gasteiger charge is -2.38. The van der Waals surface area contributed by atoms with Crippen LogP contribution in [0.2, 0.25) is 0 Å². The summed E-state index contributed by atoms with van der Waals surface area (Å²) in [7, 11) is 0. The summed E-state index contributed by atoms with van der Waals surface area (Å²) >= 11 is 1.82. The molecule has 2 saturated heterocycles. The molecule has 0 amide bonds. The average molecular weight is 296 g/mol. The first-order valence-electron chi connectivity index (χ1n) is 7.63. The Hall–Kier alpha value is -0.490. The lowest BCUT2D eigenvalue weighted by atomic mass is 9.89. The van der Waals surface area contributed by atoms with Crippen LogP contribution < -0.4 is 5.32 Å². The molecule has 3 atom stereocenters. The minimum Gasteiger partial charge on any atom is -0.378 e. The van der Waals surface area contributed by atoms with Crippen molar-refractivity contribution < 1.29 is 9.47 Å². The predicted molar refractivity (Wildman–Crippen MR) is 80.2 cm³/mol. The molecule has 1 aromatic rings. The maximum Gasteiger partial charge on any atom is 0.109 e. The number of nitrogens with zero attached hydrogens (tertiary/aromatic N) is 1. The molecule has 0 aromatic carbocycles. The standard InChI is InChI=1S/C15H24N2O2S/c1-3-13-9-16-14(20-13)11(2)17-12-4-6-19-15(8-12)5-7-18-10-15/h9,11-12,17H,3-8,10H2,1-2H3. The van der Waals surface area contributed by atoms with Crippen LogP contribution in [0.25, 0.3) is 0 Å². The van der Waals surface area contributed by atoms with E-state index in [1.807, 2.05) is 17.5 Å². The zero-order chi connectivity index (χ0) is 14.0. The van der Waals surface area contributed by atoms with Gasteiger partial charge in [-0.2, -0.15) is 0 Å². The molecule has 2 fully saturated rings. The van der Waals surface area contributed by atoms with Crippen molar-refractivity contribution in [3.63, 3.8) is 0 Å². The predicted octanol–water partition coefficient (Wildman–Crippen LogP) is 2.69. The van der Waals surface area contributed by atoms with Gasteiger partial charge in [-0.3, -0.25) is 0 Å². The summed E-state index contributed by atoms with van der Waals surface area (Å²) in [5.41, 5.74) is -0.0207. The molecular weight excluding hydrogens is 272 g/mol. The minimum absolute atomic E-state index is 0.0207. The zero-order valence-electron chi connectivity index (χ0n) is 12.4. The number of nitrogens with one attached hydrogen (secondary N) is 1. The van der Waals surface area contributed by atoms with Gasteiger partial charge in [-0.15, -0.1) is 11.3 Å². The lowest BCUT2D eigenvalue weighted by molar-refractivity contribution is -0.0902. The molecule has 1 aromatic heterocycles. The number of rotatable bonds is 4. The molecule has 0 bridgehead atoms. The highest BCUT2D eigenvalue weighted by Gasteiger charge is 2.41. The van der Waals surface area contributed by atoms with E-state index in [2.05, 4.69) is 24.1 Å². The van der Waals surface area contributed by atoms with Crippen LogP contribution in [-0.4, -0.2) is 36.4 Å². The van der Waals surface area contributed by atoms with Gasteiger partial charge < -0.3 is 14.8 Å². The molecule has 1 N–H and O–H groups in total. The highest BCUT2D eigenvalue weighted by atomic mass is 32.1. The quantitative estimate of drug-likeness (QED) is 0.928. The van der Waals surface area contributed by atoms with Gasteiger partial charge in [0.15, 0.2) is 0 Å². The summed E-state index contributed by atoms with van der Waals surface area (Å²) < 4.78 is 11.5. The molecule has 20 heavy (non-hydrogen) atoms. The van der Waals surface area contributed by atoms with E-state index in [0.717, 1.165) is 45.5 Å². The molecule has 2 aliphatic heterocycles. The van der Waals surface area contributed by atoms with Crippen molar-refractivity contribution in [1.82, 2.24) is 10.3 Å². The van der Waals surface area contributed by atoms with E-state index in [-0.39, 0.29) is 5.60 Å². The molecule has 0 radical (unpaired) electrons. The summed E-state index contributed by atoms with van der Waals surface area (Å²) in [6, 6.07) is 0.831. The number of aromatic nitrogens is 1. The van der Waals surface area contributed by atoms with Gasteiger partial charge in [0.1, 0.15) is 5.01 Å². The van der Waals surface area contributed by atoms with Crippen molar-refractivity contribution in [3.05, 3.63) is 16.1 Å². The molecule has 3 heterocycles. The Labute approximate surface area is 124 Å². The number of ether oxygens (including phenoxy) is 2. The summed E-state index contributed by atoms with van der Waals surface area (Å²) in [5, 5.41) is 4.94. The number of aryl methyl sites for hydroxylation is 1. The molecule has 3 unspecified atom stereocenters. The van der Waals surface area contributed by atoms with E-state index in [1.165, 1.54) is 9.88 Å². The van der Waals surface area contributed by atoms with Gasteiger partial charge in [0.2, 0.25) is 0 Å². The highest BCUT2D eigenvalue weighted by molar-refractivity contribution is 7.11. The Balaban J connectivity index is 1.59. The molecular formula is C15H24N2O2S. The van der Waals surface area contributed by atoms with Crippen molar-refractivity contribution in [2.24, 2.45) is 0 Å². The largest absolute Gasteiger partial charge is 0.378 e. The minimum atomic E-state index is -0.0207. The molecule has 0 saturated carbocycles. The van der Waals surface area contributed by atoms with Crippen LogP contribution in [0.4, 0.5) is 0 Å². The van der Waals surface area contributed by atoms with Crippen molar-refractivity contribution >= 4 is 11.3 Å². The molecule has 4 nitrogen and oxygen atoms in total. The Morgan fingerprint density at radius 3 is 3.15 bits per heavy atom. The first-order chi connectivity index (χ1) is 9.71. The van der Waals surface area contributed by atoms with Crippen LogP contribution >= 0.6 is 11.3 Å². The van der Waals surface area contributed by atoms with Crippen molar-refractivity contribution in [2.45, 2.75) is 57.2 Å². The second kappa shape index (κ2) is 6.10. The highest BCUT2D eigenvalue weighted by Crippen LogP contribution is 2.33. The second-order valence-electron chi connectivity index (χ2n) is 5.93. The van der Waals surface area contributed by atoms with E-state index < -0.39 is 0 Å². The van der Waals surface area contributed by atoms with Crippen LogP contribution in [-0.2, 0) is 15.9 Å². The summed E-state index contributed by atoms with van der Waals surface area (Å²) in [5.74, 6) is 0. The summed E-state index contributed by atoms with van der Waals surface area (Å²) in [6.45, 7) is 6.83. The fourth-order valence-electron chi connectivity index (χ4n) is 3.14. The molecule has 0 aliphatic carbocycles. The monoisotopic (exact) mass is 296 g/mol. The molecule has 2 aliphatic rings. The van der Waals surface area contributed by atoms with Gasteiger partial charge >= 0.3 is 0 Å². The van der Waals surface area contributed by atoms with Crippen molar-refractivity contribution in [3.8, 4) is 0 Å². The average Bonchev–Trinajstić information content (AvgIpc) is 3.08. The zero-order valence-corrected chi connectivity index (χ0v) is 13.2. The van der Waals surface area contributed by atoms with Crippen LogP contribution in [0.15, 0.2) is 6.20 Å². The fourth-order valence-corrected chi connectivity index (χ4v) is 4.01. The number of hydrogen-bond acceptors (Lipinski definition) is 5. The van der Waals surface area contributed by atoms with E-state index >= 15 is 0 Å². The number of hydrogen-bond donors (Lipinski definition) is 1. The Bertz CT molecular complexity index is 443. The first kappa shape index (κ1) is 14.4. The van der Waals surface area contributed by atoms with Crippen LogP contribution in [0, 0.1) is 0 Å². The molecule has 3 rings (SSSR count). The second-order valence-corrected chi connectivity index (χ2v) is 7.08. The van der Waals surface area contributed by atoms with Gasteiger partial charge in [-0.1, -0.05) is 6.92 Å². The third-order valence-corrected chi connectivity index (χ3v) is 5.66. The fraction of sp³-hybridized carbons (Fsp3) is 0.800. The maximum atomic E-state index is 5.99. The van der Waals surface area contributed by atoms with E-state index in [0.29, 0.717) is 12.1 Å². The topological polar surface area (TPSA) is 43.4 Å². The smallest absolute Gasteiger partial charge is 0.109 e. The summed E-state index contributed by atoms with van der Waals surface area (Å²) in [4.78, 5) is 5.90. The van der Waals surface area contributed by atoms with Crippen LogP contribution in [0.1, 0.15) is 49.0 Å². The van der Waals surface area contributed by atoms with Gasteiger partial charge in [0.05, 0.1) is 18.2 Å². The Kier molecular flexibility index (Phi) is 4.40. The number of thiazole rings is 1. The van der Waals surface area contributed by atoms with Crippen LogP contribution in [0.3, 0.4) is 0 Å². The third kappa shape index (κ3) is 3.06. The molecule has 112 valence electrons. The summed E-state index contributed by atoms with van der Waals surface area (Å²) in [6.07, 6.45) is 6.26.